The number of aromatic nitrogens is 1. The number of dihydropyridines is 1. The maximum atomic E-state index is 5.45. The van der Waals surface area contributed by atoms with Gasteiger partial charge in [-0.1, -0.05) is 177 Å². The van der Waals surface area contributed by atoms with Crippen LogP contribution in [-0.4, -0.2) is 10.3 Å². The van der Waals surface area contributed by atoms with Crippen LogP contribution in [0.2, 0.25) is 0 Å². The van der Waals surface area contributed by atoms with Crippen molar-refractivity contribution < 1.29 is 0 Å². The Morgan fingerprint density at radius 3 is 1.53 bits per heavy atom. The normalized spacial score (nSPS) is 15.5. The number of nitrogens with zero attached hydrogens (tertiary/aromatic N) is 2. The fourth-order valence-corrected chi connectivity index (χ4v) is 9.34. The molecule has 0 radical (unpaired) electrons. The monoisotopic (exact) mass is 754 g/mol. The van der Waals surface area contributed by atoms with Crippen LogP contribution in [0.4, 0.5) is 0 Å². The number of benzene rings is 9. The number of fused-ring (bicyclic) bond motifs is 5. The molecule has 1 aromatic heterocycles. The van der Waals surface area contributed by atoms with Gasteiger partial charge in [-0.05, 0) is 115 Å². The van der Waals surface area contributed by atoms with Crippen LogP contribution in [0.3, 0.4) is 0 Å². The summed E-state index contributed by atoms with van der Waals surface area (Å²) >= 11 is 0. The highest BCUT2D eigenvalue weighted by Crippen LogP contribution is 2.40. The first-order valence-electron chi connectivity index (χ1n) is 20.8. The summed E-state index contributed by atoms with van der Waals surface area (Å²) in [6, 6.07) is 75.2. The molecule has 2 unspecified atom stereocenters. The summed E-state index contributed by atoms with van der Waals surface area (Å²) in [7, 11) is 0. The van der Waals surface area contributed by atoms with E-state index >= 15 is 0 Å². The van der Waals surface area contributed by atoms with Crippen LogP contribution in [0.15, 0.2) is 217 Å². The van der Waals surface area contributed by atoms with Crippen molar-refractivity contribution in [3.8, 4) is 27.9 Å². The molecule has 11 rings (SSSR count). The number of allylic oxidation sites excluding steroid dienone is 1. The molecule has 1 aliphatic rings. The Hall–Kier alpha value is -7.29. The molecule has 0 spiro atoms. The van der Waals surface area contributed by atoms with Crippen LogP contribution in [0, 0.1) is 5.92 Å². The SMILES string of the molecule is CCC1C(c2ccccc2)=CC(c2ccc3cc(-c4ccc(-c5ccc6cc(-n7c8ccccc8c8ccccc87)ccc6c5)cc4)ccc3c2)N=C1c1ccccc1. The molecule has 0 bridgehead atoms. The molecule has 0 aliphatic carbocycles. The predicted molar refractivity (Wildman–Crippen MR) is 251 cm³/mol. The lowest BCUT2D eigenvalue weighted by atomic mass is 9.80. The first-order chi connectivity index (χ1) is 29.2. The summed E-state index contributed by atoms with van der Waals surface area (Å²) < 4.78 is 2.38. The molecular weight excluding hydrogens is 713 g/mol. The van der Waals surface area contributed by atoms with E-state index < -0.39 is 0 Å². The van der Waals surface area contributed by atoms with Gasteiger partial charge in [0.05, 0.1) is 22.8 Å². The van der Waals surface area contributed by atoms with Crippen LogP contribution in [0.5, 0.6) is 0 Å². The summed E-state index contributed by atoms with van der Waals surface area (Å²) in [6.45, 7) is 2.27. The highest BCUT2D eigenvalue weighted by molar-refractivity contribution is 6.10. The van der Waals surface area contributed by atoms with Crippen molar-refractivity contribution in [3.05, 3.63) is 229 Å². The third-order valence-electron chi connectivity index (χ3n) is 12.3. The molecule has 0 fully saturated rings. The van der Waals surface area contributed by atoms with Gasteiger partial charge in [0.25, 0.3) is 0 Å². The van der Waals surface area contributed by atoms with Crippen molar-refractivity contribution in [1.82, 2.24) is 4.57 Å². The molecule has 0 saturated heterocycles. The standard InChI is InChI=1S/C57H42N2/c1-2-50-53(40-13-5-3-6-14-40)37-54(58-57(50)41-15-7-4-8-16-41)48-30-29-44-33-42(25-27-45(44)35-48)38-21-23-39(24-22-38)43-26-28-47-36-49(32-31-46(47)34-43)59-55-19-11-9-17-51(55)52-18-10-12-20-56(52)59/h3-37,50,54H,2H2,1H3. The lowest BCUT2D eigenvalue weighted by Gasteiger charge is -2.29. The molecule has 9 aromatic carbocycles. The van der Waals surface area contributed by atoms with Gasteiger partial charge in [-0.25, -0.2) is 0 Å². The minimum atomic E-state index is -0.0583. The van der Waals surface area contributed by atoms with Crippen molar-refractivity contribution >= 4 is 54.6 Å². The second-order valence-electron chi connectivity index (χ2n) is 15.8. The van der Waals surface area contributed by atoms with Crippen LogP contribution < -0.4 is 0 Å². The van der Waals surface area contributed by atoms with E-state index in [2.05, 4.69) is 224 Å². The molecule has 2 heteroatoms. The van der Waals surface area contributed by atoms with E-state index in [4.69, 9.17) is 4.99 Å². The molecule has 59 heavy (non-hydrogen) atoms. The highest BCUT2D eigenvalue weighted by atomic mass is 15.0. The van der Waals surface area contributed by atoms with E-state index in [1.165, 1.54) is 99.3 Å². The Kier molecular flexibility index (Phi) is 8.63. The lowest BCUT2D eigenvalue weighted by Crippen LogP contribution is -2.22. The molecule has 0 amide bonds. The largest absolute Gasteiger partial charge is 0.309 e. The summed E-state index contributed by atoms with van der Waals surface area (Å²) in [4.78, 5) is 5.45. The molecule has 2 nitrogen and oxygen atoms in total. The van der Waals surface area contributed by atoms with Gasteiger partial charge >= 0.3 is 0 Å². The van der Waals surface area contributed by atoms with Gasteiger partial charge in [0.2, 0.25) is 0 Å². The fraction of sp³-hybridized carbons (Fsp3) is 0.0702. The first-order valence-corrected chi connectivity index (χ1v) is 20.8. The van der Waals surface area contributed by atoms with Crippen LogP contribution in [0.25, 0.3) is 76.9 Å². The lowest BCUT2D eigenvalue weighted by molar-refractivity contribution is 0.776. The molecule has 0 saturated carbocycles. The third-order valence-corrected chi connectivity index (χ3v) is 12.3. The Balaban J connectivity index is 0.873. The predicted octanol–water partition coefficient (Wildman–Crippen LogP) is 15.1. The van der Waals surface area contributed by atoms with Gasteiger partial charge in [0.15, 0.2) is 0 Å². The Labute approximate surface area is 345 Å². The van der Waals surface area contributed by atoms with Gasteiger partial charge in [-0.3, -0.25) is 4.99 Å². The number of hydrogen-bond acceptors (Lipinski definition) is 1. The third kappa shape index (κ3) is 6.25. The Morgan fingerprint density at radius 1 is 0.424 bits per heavy atom. The quantitative estimate of drug-likeness (QED) is 0.154. The minimum Gasteiger partial charge on any atom is -0.309 e. The van der Waals surface area contributed by atoms with E-state index in [1.54, 1.807) is 0 Å². The number of hydrogen-bond donors (Lipinski definition) is 0. The van der Waals surface area contributed by atoms with Gasteiger partial charge in [0, 0.05) is 22.4 Å². The van der Waals surface area contributed by atoms with E-state index in [-0.39, 0.29) is 12.0 Å². The second kappa shape index (κ2) is 14.6. The van der Waals surface area contributed by atoms with Crippen LogP contribution >= 0.6 is 0 Å². The average molecular weight is 755 g/mol. The number of rotatable bonds is 7. The summed E-state index contributed by atoms with van der Waals surface area (Å²) in [5.41, 5.74) is 14.7. The first kappa shape index (κ1) is 34.9. The highest BCUT2D eigenvalue weighted by Gasteiger charge is 2.28. The molecule has 1 aliphatic heterocycles. The Morgan fingerprint density at radius 2 is 0.915 bits per heavy atom. The van der Waals surface area contributed by atoms with Crippen molar-refractivity contribution in [2.24, 2.45) is 10.9 Å². The van der Waals surface area contributed by atoms with Gasteiger partial charge in [-0.15, -0.1) is 0 Å². The second-order valence-corrected chi connectivity index (χ2v) is 15.8. The van der Waals surface area contributed by atoms with Gasteiger partial charge < -0.3 is 4.57 Å². The maximum absolute atomic E-state index is 5.45. The van der Waals surface area contributed by atoms with E-state index in [9.17, 15) is 0 Å². The zero-order valence-corrected chi connectivity index (χ0v) is 33.0. The molecule has 280 valence electrons. The average Bonchev–Trinajstić information content (AvgIpc) is 3.65. The van der Waals surface area contributed by atoms with Crippen molar-refractivity contribution in [1.29, 1.82) is 0 Å². The smallest absolute Gasteiger partial charge is 0.0940 e. The summed E-state index contributed by atoms with van der Waals surface area (Å²) in [6.07, 6.45) is 3.39. The Bertz CT molecular complexity index is 3130. The van der Waals surface area contributed by atoms with Gasteiger partial charge in [-0.2, -0.15) is 0 Å². The molecular formula is C57H42N2. The minimum absolute atomic E-state index is 0.0583. The van der Waals surface area contributed by atoms with E-state index in [0.717, 1.165) is 6.42 Å². The zero-order valence-electron chi connectivity index (χ0n) is 33.0. The topological polar surface area (TPSA) is 17.3 Å². The van der Waals surface area contributed by atoms with Crippen molar-refractivity contribution in [2.75, 3.05) is 0 Å². The number of aliphatic imine (C=N–C) groups is 1. The van der Waals surface area contributed by atoms with Crippen molar-refractivity contribution in [3.63, 3.8) is 0 Å². The maximum Gasteiger partial charge on any atom is 0.0940 e. The van der Waals surface area contributed by atoms with Gasteiger partial charge in [0.1, 0.15) is 0 Å². The molecule has 10 aromatic rings. The zero-order chi connectivity index (χ0) is 39.3. The number of para-hydroxylation sites is 2. The summed E-state index contributed by atoms with van der Waals surface area (Å²) in [5, 5.41) is 7.48. The van der Waals surface area contributed by atoms with E-state index in [1.807, 2.05) is 0 Å². The van der Waals surface area contributed by atoms with Crippen LogP contribution in [-0.2, 0) is 0 Å². The van der Waals surface area contributed by atoms with Crippen LogP contribution in [0.1, 0.15) is 36.1 Å². The molecule has 0 N–H and O–H groups in total. The van der Waals surface area contributed by atoms with Crippen molar-refractivity contribution in [2.45, 2.75) is 19.4 Å². The van der Waals surface area contributed by atoms with E-state index in [0.29, 0.717) is 0 Å². The molecule has 2 heterocycles. The summed E-state index contributed by atoms with van der Waals surface area (Å²) in [5.74, 6) is 0.248. The molecule has 2 atom stereocenters. The fourth-order valence-electron chi connectivity index (χ4n) is 9.34.